The second kappa shape index (κ2) is 9.04. The maximum atomic E-state index is 12.4. The van der Waals surface area contributed by atoms with E-state index in [1.807, 2.05) is 33.8 Å². The molecule has 1 aromatic carbocycles. The minimum absolute atomic E-state index is 0.190. The number of hydrogen-bond acceptors (Lipinski definition) is 7. The number of methoxy groups -OCH3 is 1. The van der Waals surface area contributed by atoms with E-state index in [4.69, 9.17) is 14.2 Å². The zero-order valence-electron chi connectivity index (χ0n) is 18.1. The summed E-state index contributed by atoms with van der Waals surface area (Å²) in [6, 6.07) is 5.30. The first-order valence-corrected chi connectivity index (χ1v) is 10.8. The third kappa shape index (κ3) is 5.72. The molecule has 2 heterocycles. The fourth-order valence-electron chi connectivity index (χ4n) is 3.23. The Morgan fingerprint density at radius 2 is 2.00 bits per heavy atom. The molecule has 0 N–H and O–H groups in total. The standard InChI is InChI=1S/C22H28N2O5S/c1-14-12-23-19(30-14)15-9-16(20(25)27-5)11-18(10-15)28-17-7-6-8-24(13-17)21(26)29-22(2,3)4/h9-12,17H,6-8,13H2,1-5H3. The average Bonchev–Trinajstić information content (AvgIpc) is 3.12. The number of carbonyl (C=O) groups is 2. The summed E-state index contributed by atoms with van der Waals surface area (Å²) >= 11 is 1.54. The lowest BCUT2D eigenvalue weighted by Crippen LogP contribution is -2.46. The Morgan fingerprint density at radius 1 is 1.23 bits per heavy atom. The number of hydrogen-bond donors (Lipinski definition) is 0. The van der Waals surface area contributed by atoms with Crippen LogP contribution in [0.3, 0.4) is 0 Å². The van der Waals surface area contributed by atoms with Crippen molar-refractivity contribution in [2.45, 2.75) is 52.2 Å². The summed E-state index contributed by atoms with van der Waals surface area (Å²) in [5.74, 6) is 0.116. The second-order valence-electron chi connectivity index (χ2n) is 8.32. The van der Waals surface area contributed by atoms with Crippen molar-refractivity contribution >= 4 is 23.4 Å². The molecule has 162 valence electrons. The quantitative estimate of drug-likeness (QED) is 0.653. The number of benzene rings is 1. The lowest BCUT2D eigenvalue weighted by Gasteiger charge is -2.34. The second-order valence-corrected chi connectivity index (χ2v) is 9.56. The number of amides is 1. The Kier molecular flexibility index (Phi) is 6.65. The van der Waals surface area contributed by atoms with Gasteiger partial charge >= 0.3 is 12.1 Å². The molecule has 3 rings (SSSR count). The summed E-state index contributed by atoms with van der Waals surface area (Å²) in [5, 5.41) is 0.808. The van der Waals surface area contributed by atoms with Gasteiger partial charge in [-0.05, 0) is 58.7 Å². The predicted octanol–water partition coefficient (Wildman–Crippen LogP) is 4.68. The molecule has 0 aliphatic carbocycles. The molecule has 30 heavy (non-hydrogen) atoms. The first kappa shape index (κ1) is 22.1. The summed E-state index contributed by atoms with van der Waals surface area (Å²) in [5.41, 5.74) is 0.656. The van der Waals surface area contributed by atoms with Crippen molar-refractivity contribution in [2.75, 3.05) is 20.2 Å². The Bertz CT molecular complexity index is 918. The summed E-state index contributed by atoms with van der Waals surface area (Å²) in [4.78, 5) is 31.7. The summed E-state index contributed by atoms with van der Waals surface area (Å²) in [6.07, 6.45) is 2.90. The van der Waals surface area contributed by atoms with E-state index in [2.05, 4.69) is 4.98 Å². The van der Waals surface area contributed by atoms with Crippen LogP contribution in [0.15, 0.2) is 24.4 Å². The van der Waals surface area contributed by atoms with Crippen LogP contribution in [0.5, 0.6) is 5.75 Å². The number of ether oxygens (including phenoxy) is 3. The number of esters is 1. The molecule has 0 radical (unpaired) electrons. The van der Waals surface area contributed by atoms with Gasteiger partial charge in [0.05, 0.1) is 19.2 Å². The van der Waals surface area contributed by atoms with Gasteiger partial charge < -0.3 is 19.1 Å². The largest absolute Gasteiger partial charge is 0.489 e. The van der Waals surface area contributed by atoms with Crippen molar-refractivity contribution < 1.29 is 23.8 Å². The minimum Gasteiger partial charge on any atom is -0.489 e. The van der Waals surface area contributed by atoms with Crippen molar-refractivity contribution in [3.8, 4) is 16.3 Å². The number of aryl methyl sites for hydroxylation is 1. The number of nitrogens with zero attached hydrogens (tertiary/aromatic N) is 2. The van der Waals surface area contributed by atoms with Gasteiger partial charge in [-0.3, -0.25) is 0 Å². The summed E-state index contributed by atoms with van der Waals surface area (Å²) < 4.78 is 16.6. The molecule has 1 amide bonds. The van der Waals surface area contributed by atoms with Crippen molar-refractivity contribution in [2.24, 2.45) is 0 Å². The number of carbonyl (C=O) groups excluding carboxylic acids is 2. The highest BCUT2D eigenvalue weighted by molar-refractivity contribution is 7.14. The van der Waals surface area contributed by atoms with Crippen molar-refractivity contribution in [3.05, 3.63) is 34.8 Å². The van der Waals surface area contributed by atoms with Crippen LogP contribution in [-0.2, 0) is 9.47 Å². The van der Waals surface area contributed by atoms with Gasteiger partial charge in [-0.25, -0.2) is 14.6 Å². The van der Waals surface area contributed by atoms with Crippen LogP contribution >= 0.6 is 11.3 Å². The number of rotatable bonds is 4. The number of likely N-dealkylation sites (tertiary alicyclic amines) is 1. The van der Waals surface area contributed by atoms with Crippen LogP contribution in [0.25, 0.3) is 10.6 Å². The Hall–Kier alpha value is -2.61. The Balaban J connectivity index is 1.79. The average molecular weight is 433 g/mol. The van der Waals surface area contributed by atoms with Crippen LogP contribution in [0.1, 0.15) is 48.8 Å². The topological polar surface area (TPSA) is 78.0 Å². The smallest absolute Gasteiger partial charge is 0.410 e. The van der Waals surface area contributed by atoms with Gasteiger partial charge in [0.25, 0.3) is 0 Å². The molecule has 1 aliphatic heterocycles. The fraction of sp³-hybridized carbons (Fsp3) is 0.500. The molecule has 7 nitrogen and oxygen atoms in total. The van der Waals surface area contributed by atoms with Crippen LogP contribution in [0.4, 0.5) is 4.79 Å². The monoisotopic (exact) mass is 432 g/mol. The van der Waals surface area contributed by atoms with Crippen molar-refractivity contribution in [1.82, 2.24) is 9.88 Å². The molecule has 1 saturated heterocycles. The van der Waals surface area contributed by atoms with Gasteiger partial charge in [-0.15, -0.1) is 11.3 Å². The zero-order chi connectivity index (χ0) is 21.9. The molecule has 8 heteroatoms. The highest BCUT2D eigenvalue weighted by Crippen LogP contribution is 2.31. The molecule has 2 aromatic rings. The molecule has 0 bridgehead atoms. The highest BCUT2D eigenvalue weighted by Gasteiger charge is 2.29. The van der Waals surface area contributed by atoms with Gasteiger partial charge in [-0.1, -0.05) is 0 Å². The number of piperidine rings is 1. The van der Waals surface area contributed by atoms with Crippen LogP contribution < -0.4 is 4.74 Å². The normalized spacial score (nSPS) is 16.8. The van der Waals surface area contributed by atoms with E-state index in [1.165, 1.54) is 7.11 Å². The highest BCUT2D eigenvalue weighted by atomic mass is 32.1. The lowest BCUT2D eigenvalue weighted by molar-refractivity contribution is 0.00776. The fourth-order valence-corrected chi connectivity index (χ4v) is 3.99. The summed E-state index contributed by atoms with van der Waals surface area (Å²) in [7, 11) is 1.35. The van der Waals surface area contributed by atoms with Crippen LogP contribution in [0, 0.1) is 6.92 Å². The van der Waals surface area contributed by atoms with Gasteiger partial charge in [0.1, 0.15) is 22.5 Å². The van der Waals surface area contributed by atoms with Gasteiger partial charge in [-0.2, -0.15) is 0 Å². The predicted molar refractivity (Wildman–Crippen MR) is 115 cm³/mol. The molecule has 0 spiro atoms. The molecule has 1 unspecified atom stereocenters. The third-order valence-corrected chi connectivity index (χ3v) is 5.49. The first-order chi connectivity index (χ1) is 14.1. The van der Waals surface area contributed by atoms with Gasteiger partial charge in [0, 0.05) is 23.2 Å². The number of aromatic nitrogens is 1. The Morgan fingerprint density at radius 3 is 2.63 bits per heavy atom. The van der Waals surface area contributed by atoms with E-state index < -0.39 is 11.6 Å². The van der Waals surface area contributed by atoms with Gasteiger partial charge in [0.15, 0.2) is 0 Å². The minimum atomic E-state index is -0.541. The summed E-state index contributed by atoms with van der Waals surface area (Å²) in [6.45, 7) is 8.61. The van der Waals surface area contributed by atoms with Crippen LogP contribution in [0.2, 0.25) is 0 Å². The maximum Gasteiger partial charge on any atom is 0.410 e. The van der Waals surface area contributed by atoms with E-state index >= 15 is 0 Å². The molecule has 1 atom stereocenters. The number of thiazole rings is 1. The van der Waals surface area contributed by atoms with Gasteiger partial charge in [0.2, 0.25) is 0 Å². The first-order valence-electron chi connectivity index (χ1n) is 9.95. The zero-order valence-corrected chi connectivity index (χ0v) is 18.9. The van der Waals surface area contributed by atoms with E-state index in [9.17, 15) is 9.59 Å². The third-order valence-electron chi connectivity index (χ3n) is 4.53. The molecule has 1 aliphatic rings. The van der Waals surface area contributed by atoms with E-state index in [1.54, 1.807) is 34.6 Å². The molecule has 1 aromatic heterocycles. The lowest BCUT2D eigenvalue weighted by atomic mass is 10.1. The Labute approximate surface area is 181 Å². The van der Waals surface area contributed by atoms with Crippen molar-refractivity contribution in [3.63, 3.8) is 0 Å². The molecule has 0 saturated carbocycles. The van der Waals surface area contributed by atoms with E-state index in [-0.39, 0.29) is 12.2 Å². The maximum absolute atomic E-state index is 12.4. The van der Waals surface area contributed by atoms with Crippen molar-refractivity contribution in [1.29, 1.82) is 0 Å². The molecular weight excluding hydrogens is 404 g/mol. The van der Waals surface area contributed by atoms with E-state index in [0.29, 0.717) is 24.4 Å². The van der Waals surface area contributed by atoms with Crippen LogP contribution in [-0.4, -0.2) is 53.9 Å². The molecule has 1 fully saturated rings. The van der Waals surface area contributed by atoms with E-state index in [0.717, 1.165) is 28.3 Å². The molecular formula is C22H28N2O5S. The SMILES string of the molecule is COC(=O)c1cc(OC2CCCN(C(=O)OC(C)(C)C)C2)cc(-c2ncc(C)s2)c1.